The number of oxime groups is 1. The summed E-state index contributed by atoms with van der Waals surface area (Å²) in [5.74, 6) is 0.566. The molecule has 3 N–H and O–H groups in total. The molecular weight excluding hydrogens is 358 g/mol. The number of urea groups is 1. The zero-order valence-corrected chi connectivity index (χ0v) is 17.4. The van der Waals surface area contributed by atoms with E-state index in [9.17, 15) is 9.59 Å². The fourth-order valence-electron chi connectivity index (χ4n) is 3.87. The first kappa shape index (κ1) is 20.9. The number of hydrogen-bond donors (Lipinski definition) is 3. The SMILES string of the molecule is CCCCNC(=O)N1CC[C@@H](NCC2CC2)[C@]2(CC(C(=O)NC(C)C)=NO2)C1. The summed E-state index contributed by atoms with van der Waals surface area (Å²) in [4.78, 5) is 32.7. The third-order valence-corrected chi connectivity index (χ3v) is 5.71. The highest BCUT2D eigenvalue weighted by Gasteiger charge is 2.52. The maximum absolute atomic E-state index is 12.6. The maximum atomic E-state index is 12.6. The monoisotopic (exact) mass is 393 g/mol. The van der Waals surface area contributed by atoms with Gasteiger partial charge in [-0.1, -0.05) is 18.5 Å². The van der Waals surface area contributed by atoms with Crippen molar-refractivity contribution >= 4 is 17.6 Å². The van der Waals surface area contributed by atoms with Crippen LogP contribution in [0.3, 0.4) is 0 Å². The van der Waals surface area contributed by atoms with Gasteiger partial charge in [-0.3, -0.25) is 4.79 Å². The van der Waals surface area contributed by atoms with Crippen molar-refractivity contribution in [2.75, 3.05) is 26.2 Å². The summed E-state index contributed by atoms with van der Waals surface area (Å²) in [6, 6.07) is 0.0702. The molecule has 0 radical (unpaired) electrons. The molecular formula is C20H35N5O3. The van der Waals surface area contributed by atoms with Crippen molar-refractivity contribution in [3.8, 4) is 0 Å². The van der Waals surface area contributed by atoms with Gasteiger partial charge in [-0.2, -0.15) is 0 Å². The van der Waals surface area contributed by atoms with E-state index in [1.807, 2.05) is 18.7 Å². The summed E-state index contributed by atoms with van der Waals surface area (Å²) in [5, 5.41) is 13.7. The topological polar surface area (TPSA) is 95.1 Å². The highest BCUT2D eigenvalue weighted by Crippen LogP contribution is 2.35. The molecule has 8 heteroatoms. The molecule has 2 heterocycles. The molecule has 1 spiro atoms. The van der Waals surface area contributed by atoms with E-state index in [0.29, 0.717) is 31.8 Å². The second-order valence-corrected chi connectivity index (χ2v) is 8.70. The number of hydrogen-bond acceptors (Lipinski definition) is 5. The van der Waals surface area contributed by atoms with Gasteiger partial charge < -0.3 is 25.7 Å². The number of carbonyl (C=O) groups is 2. The van der Waals surface area contributed by atoms with Gasteiger partial charge in [0.2, 0.25) is 0 Å². The van der Waals surface area contributed by atoms with Crippen molar-refractivity contribution in [1.29, 1.82) is 0 Å². The van der Waals surface area contributed by atoms with Crippen LogP contribution in [0.5, 0.6) is 0 Å². The molecule has 2 aliphatic heterocycles. The summed E-state index contributed by atoms with van der Waals surface area (Å²) in [7, 11) is 0. The highest BCUT2D eigenvalue weighted by atomic mass is 16.7. The molecule has 2 fully saturated rings. The van der Waals surface area contributed by atoms with Crippen LogP contribution >= 0.6 is 0 Å². The van der Waals surface area contributed by atoms with Gasteiger partial charge >= 0.3 is 6.03 Å². The minimum absolute atomic E-state index is 0.0442. The molecule has 1 saturated heterocycles. The van der Waals surface area contributed by atoms with Gasteiger partial charge in [0.05, 0.1) is 12.6 Å². The van der Waals surface area contributed by atoms with E-state index in [1.54, 1.807) is 0 Å². The van der Waals surface area contributed by atoms with Crippen molar-refractivity contribution in [3.63, 3.8) is 0 Å². The Labute approximate surface area is 167 Å². The quantitative estimate of drug-likeness (QED) is 0.546. The molecule has 3 aliphatic rings. The van der Waals surface area contributed by atoms with Gasteiger partial charge in [0, 0.05) is 25.6 Å². The van der Waals surface area contributed by atoms with E-state index in [0.717, 1.165) is 31.7 Å². The molecule has 2 atom stereocenters. The molecule has 28 heavy (non-hydrogen) atoms. The molecule has 0 aromatic rings. The van der Waals surface area contributed by atoms with Gasteiger partial charge in [-0.15, -0.1) is 0 Å². The standard InChI is InChI=1S/C20H35N5O3/c1-4-5-9-21-19(27)25-10-8-17(22-12-15-6-7-15)20(13-25)11-16(24-28-20)18(26)23-14(2)3/h14-15,17,22H,4-13H2,1-3H3,(H,21,27)(H,23,26)/t17-,20+/m1/s1. The summed E-state index contributed by atoms with van der Waals surface area (Å²) < 4.78 is 0. The maximum Gasteiger partial charge on any atom is 0.317 e. The second-order valence-electron chi connectivity index (χ2n) is 8.70. The number of piperidine rings is 1. The van der Waals surface area contributed by atoms with Crippen LogP contribution in [0.1, 0.15) is 59.3 Å². The van der Waals surface area contributed by atoms with Crippen molar-refractivity contribution < 1.29 is 14.4 Å². The molecule has 0 bridgehead atoms. The van der Waals surface area contributed by atoms with Crippen LogP contribution in [-0.4, -0.2) is 66.4 Å². The lowest BCUT2D eigenvalue weighted by molar-refractivity contribution is -0.115. The smallest absolute Gasteiger partial charge is 0.317 e. The molecule has 1 aliphatic carbocycles. The Morgan fingerprint density at radius 1 is 1.32 bits per heavy atom. The van der Waals surface area contributed by atoms with E-state index in [1.165, 1.54) is 12.8 Å². The van der Waals surface area contributed by atoms with E-state index in [4.69, 9.17) is 4.84 Å². The van der Waals surface area contributed by atoms with E-state index >= 15 is 0 Å². The summed E-state index contributed by atoms with van der Waals surface area (Å²) in [6.07, 6.45) is 5.78. The van der Waals surface area contributed by atoms with Crippen molar-refractivity contribution in [2.45, 2.75) is 77.0 Å². The zero-order valence-electron chi connectivity index (χ0n) is 17.4. The second kappa shape index (κ2) is 9.11. The minimum atomic E-state index is -0.668. The van der Waals surface area contributed by atoms with Crippen molar-refractivity contribution in [3.05, 3.63) is 0 Å². The van der Waals surface area contributed by atoms with Crippen LogP contribution in [0, 0.1) is 5.92 Å². The van der Waals surface area contributed by atoms with Gasteiger partial charge in [0.15, 0.2) is 5.60 Å². The summed E-state index contributed by atoms with van der Waals surface area (Å²) in [6.45, 7) is 8.72. The van der Waals surface area contributed by atoms with E-state index < -0.39 is 5.60 Å². The zero-order chi connectivity index (χ0) is 20.1. The fourth-order valence-corrected chi connectivity index (χ4v) is 3.87. The lowest BCUT2D eigenvalue weighted by Crippen LogP contribution is -2.64. The number of nitrogens with zero attached hydrogens (tertiary/aromatic N) is 2. The Balaban J connectivity index is 1.65. The number of nitrogens with one attached hydrogen (secondary N) is 3. The Morgan fingerprint density at radius 2 is 2.11 bits per heavy atom. The number of rotatable bonds is 8. The van der Waals surface area contributed by atoms with E-state index in [2.05, 4.69) is 28.0 Å². The molecule has 8 nitrogen and oxygen atoms in total. The van der Waals surface area contributed by atoms with E-state index in [-0.39, 0.29) is 24.0 Å². The normalized spacial score (nSPS) is 26.9. The molecule has 3 rings (SSSR count). The molecule has 3 amide bonds. The first-order valence-corrected chi connectivity index (χ1v) is 10.8. The van der Waals surface area contributed by atoms with Crippen LogP contribution in [0.15, 0.2) is 5.16 Å². The Morgan fingerprint density at radius 3 is 2.79 bits per heavy atom. The molecule has 0 aromatic heterocycles. The van der Waals surface area contributed by atoms with Crippen LogP contribution in [0.4, 0.5) is 4.79 Å². The minimum Gasteiger partial charge on any atom is -0.385 e. The Kier molecular flexibility index (Phi) is 6.80. The largest absolute Gasteiger partial charge is 0.385 e. The van der Waals surface area contributed by atoms with Gasteiger partial charge in [0.25, 0.3) is 5.91 Å². The first-order chi connectivity index (χ1) is 13.4. The fraction of sp³-hybridized carbons (Fsp3) is 0.850. The van der Waals surface area contributed by atoms with Gasteiger partial charge in [-0.25, -0.2) is 4.79 Å². The van der Waals surface area contributed by atoms with Crippen LogP contribution < -0.4 is 16.0 Å². The van der Waals surface area contributed by atoms with Crippen molar-refractivity contribution in [2.24, 2.45) is 11.1 Å². The number of unbranched alkanes of at least 4 members (excludes halogenated alkanes) is 1. The molecule has 0 aromatic carbocycles. The van der Waals surface area contributed by atoms with Crippen molar-refractivity contribution in [1.82, 2.24) is 20.9 Å². The third-order valence-electron chi connectivity index (χ3n) is 5.71. The average molecular weight is 394 g/mol. The average Bonchev–Trinajstić information content (AvgIpc) is 3.39. The summed E-state index contributed by atoms with van der Waals surface area (Å²) in [5.41, 5.74) is -0.251. The summed E-state index contributed by atoms with van der Waals surface area (Å²) >= 11 is 0. The Hall–Kier alpha value is -1.83. The van der Waals surface area contributed by atoms with Gasteiger partial charge in [-0.05, 0) is 52.0 Å². The third kappa shape index (κ3) is 5.16. The predicted octanol–water partition coefficient (Wildman–Crippen LogP) is 1.61. The van der Waals surface area contributed by atoms with Gasteiger partial charge in [0.1, 0.15) is 5.71 Å². The first-order valence-electron chi connectivity index (χ1n) is 10.8. The number of carbonyl (C=O) groups excluding carboxylic acids is 2. The molecule has 158 valence electrons. The number of amides is 3. The van der Waals surface area contributed by atoms with Crippen LogP contribution in [-0.2, 0) is 9.63 Å². The number of likely N-dealkylation sites (tertiary alicyclic amines) is 1. The lowest BCUT2D eigenvalue weighted by atomic mass is 9.83. The van der Waals surface area contributed by atoms with Crippen LogP contribution in [0.2, 0.25) is 0 Å². The predicted molar refractivity (Wildman–Crippen MR) is 108 cm³/mol. The highest BCUT2D eigenvalue weighted by molar-refractivity contribution is 6.39. The lowest BCUT2D eigenvalue weighted by Gasteiger charge is -2.44. The van der Waals surface area contributed by atoms with Crippen LogP contribution in [0.25, 0.3) is 0 Å². The molecule has 1 saturated carbocycles. The molecule has 0 unspecified atom stereocenters. The Bertz CT molecular complexity index is 605.